The van der Waals surface area contributed by atoms with Crippen LogP contribution in [0.1, 0.15) is 36.8 Å². The van der Waals surface area contributed by atoms with E-state index in [9.17, 15) is 0 Å². The van der Waals surface area contributed by atoms with Crippen molar-refractivity contribution < 1.29 is 4.74 Å². The van der Waals surface area contributed by atoms with Crippen LogP contribution >= 0.6 is 11.3 Å². The van der Waals surface area contributed by atoms with Crippen LogP contribution < -0.4 is 5.73 Å². The lowest BCUT2D eigenvalue weighted by molar-refractivity contribution is 0.0652. The molecule has 0 bridgehead atoms. The summed E-state index contributed by atoms with van der Waals surface area (Å²) in [5.41, 5.74) is 5.65. The molecular formula is C8H15N3OS. The first kappa shape index (κ1) is 10.6. The van der Waals surface area contributed by atoms with Gasteiger partial charge in [-0.1, -0.05) is 11.3 Å². The number of hydrogen-bond acceptors (Lipinski definition) is 5. The van der Waals surface area contributed by atoms with Gasteiger partial charge >= 0.3 is 0 Å². The number of ether oxygens (including phenoxy) is 1. The Morgan fingerprint density at radius 2 is 2.08 bits per heavy atom. The average Bonchev–Trinajstić information content (AvgIpc) is 2.48. The van der Waals surface area contributed by atoms with Gasteiger partial charge in [0.25, 0.3) is 0 Å². The van der Waals surface area contributed by atoms with E-state index in [1.807, 2.05) is 20.8 Å². The topological polar surface area (TPSA) is 61.0 Å². The van der Waals surface area contributed by atoms with Crippen LogP contribution in [0.5, 0.6) is 0 Å². The predicted octanol–water partition coefficient (Wildman–Crippen LogP) is 1.48. The van der Waals surface area contributed by atoms with Crippen molar-refractivity contribution in [2.24, 2.45) is 5.73 Å². The maximum Gasteiger partial charge on any atom is 0.143 e. The second-order valence-electron chi connectivity index (χ2n) is 3.18. The molecular weight excluding hydrogens is 186 g/mol. The van der Waals surface area contributed by atoms with Gasteiger partial charge in [0, 0.05) is 0 Å². The molecule has 1 rings (SSSR count). The minimum Gasteiger partial charge on any atom is -0.372 e. The Morgan fingerprint density at radius 1 is 1.38 bits per heavy atom. The molecule has 0 saturated carbocycles. The number of aromatic nitrogens is 2. The third-order valence-electron chi connectivity index (χ3n) is 1.41. The molecule has 1 aromatic heterocycles. The predicted molar refractivity (Wildman–Crippen MR) is 52.4 cm³/mol. The zero-order chi connectivity index (χ0) is 9.84. The van der Waals surface area contributed by atoms with E-state index in [4.69, 9.17) is 10.5 Å². The fourth-order valence-corrected chi connectivity index (χ4v) is 1.46. The maximum atomic E-state index is 5.65. The maximum absolute atomic E-state index is 5.65. The lowest BCUT2D eigenvalue weighted by atomic mass is 10.4. The molecule has 1 aromatic rings. The van der Waals surface area contributed by atoms with Gasteiger partial charge in [0.05, 0.1) is 12.1 Å². The summed E-state index contributed by atoms with van der Waals surface area (Å²) in [6.07, 6.45) is 0.225. The van der Waals surface area contributed by atoms with Gasteiger partial charge in [-0.2, -0.15) is 0 Å². The molecule has 0 aliphatic heterocycles. The molecule has 2 N–H and O–H groups in total. The molecule has 0 aliphatic carbocycles. The first-order chi connectivity index (χ1) is 6.09. The van der Waals surface area contributed by atoms with Crippen molar-refractivity contribution >= 4 is 11.3 Å². The Kier molecular flexibility index (Phi) is 3.77. The molecule has 0 saturated heterocycles. The number of hydrogen-bond donors (Lipinski definition) is 1. The molecule has 0 spiro atoms. The molecule has 5 heteroatoms. The monoisotopic (exact) mass is 201 g/mol. The van der Waals surface area contributed by atoms with Crippen molar-refractivity contribution in [3.8, 4) is 0 Å². The third kappa shape index (κ3) is 3.38. The Bertz CT molecular complexity index is 260. The molecule has 13 heavy (non-hydrogen) atoms. The molecule has 4 nitrogen and oxygen atoms in total. The lowest BCUT2D eigenvalue weighted by Gasteiger charge is -2.03. The summed E-state index contributed by atoms with van der Waals surface area (Å²) in [6, 6.07) is -0.0368. The van der Waals surface area contributed by atoms with Crippen molar-refractivity contribution in [3.05, 3.63) is 10.0 Å². The Labute approximate surface area is 82.1 Å². The van der Waals surface area contributed by atoms with Crippen molar-refractivity contribution in [3.63, 3.8) is 0 Å². The molecule has 74 valence electrons. The summed E-state index contributed by atoms with van der Waals surface area (Å²) < 4.78 is 5.39. The molecule has 1 heterocycles. The van der Waals surface area contributed by atoms with Gasteiger partial charge in [-0.15, -0.1) is 10.2 Å². The van der Waals surface area contributed by atoms with Crippen LogP contribution in [0.15, 0.2) is 0 Å². The van der Waals surface area contributed by atoms with Crippen LogP contribution in [0.4, 0.5) is 0 Å². The van der Waals surface area contributed by atoms with E-state index in [0.29, 0.717) is 6.61 Å². The fourth-order valence-electron chi connectivity index (χ4n) is 0.747. The van der Waals surface area contributed by atoms with E-state index >= 15 is 0 Å². The molecule has 0 aliphatic rings. The highest BCUT2D eigenvalue weighted by Gasteiger charge is 2.08. The molecule has 0 amide bonds. The van der Waals surface area contributed by atoms with Crippen LogP contribution in [0.25, 0.3) is 0 Å². The van der Waals surface area contributed by atoms with Gasteiger partial charge in [-0.3, -0.25) is 0 Å². The van der Waals surface area contributed by atoms with Gasteiger partial charge in [-0.25, -0.2) is 0 Å². The van der Waals surface area contributed by atoms with E-state index in [0.717, 1.165) is 10.0 Å². The van der Waals surface area contributed by atoms with E-state index < -0.39 is 0 Å². The fraction of sp³-hybridized carbons (Fsp3) is 0.750. The van der Waals surface area contributed by atoms with Crippen molar-refractivity contribution in [2.75, 3.05) is 0 Å². The lowest BCUT2D eigenvalue weighted by Crippen LogP contribution is -2.03. The van der Waals surface area contributed by atoms with Gasteiger partial charge in [-0.05, 0) is 20.8 Å². The minimum absolute atomic E-state index is 0.0368. The van der Waals surface area contributed by atoms with Crippen LogP contribution in [0, 0.1) is 0 Å². The first-order valence-corrected chi connectivity index (χ1v) is 5.10. The zero-order valence-electron chi connectivity index (χ0n) is 8.15. The van der Waals surface area contributed by atoms with Crippen molar-refractivity contribution in [1.29, 1.82) is 0 Å². The summed E-state index contributed by atoms with van der Waals surface area (Å²) in [5.74, 6) is 0. The van der Waals surface area contributed by atoms with E-state index in [1.54, 1.807) is 0 Å². The summed E-state index contributed by atoms with van der Waals surface area (Å²) >= 11 is 1.51. The smallest absolute Gasteiger partial charge is 0.143 e. The molecule has 1 atom stereocenters. The standard InChI is InChI=1S/C8H15N3OS/c1-5(2)12-4-7-10-11-8(13-7)6(3)9/h5-6H,4,9H2,1-3H3/t6-/m0/s1. The van der Waals surface area contributed by atoms with E-state index in [-0.39, 0.29) is 12.1 Å². The number of nitrogens with two attached hydrogens (primary N) is 1. The zero-order valence-corrected chi connectivity index (χ0v) is 8.97. The normalized spacial score (nSPS) is 13.6. The Hall–Kier alpha value is -0.520. The highest BCUT2D eigenvalue weighted by molar-refractivity contribution is 7.11. The minimum atomic E-state index is -0.0368. The van der Waals surface area contributed by atoms with E-state index in [1.165, 1.54) is 11.3 Å². The summed E-state index contributed by atoms with van der Waals surface area (Å²) in [6.45, 7) is 6.41. The average molecular weight is 201 g/mol. The summed E-state index contributed by atoms with van der Waals surface area (Å²) in [4.78, 5) is 0. The summed E-state index contributed by atoms with van der Waals surface area (Å²) in [5, 5.41) is 9.68. The van der Waals surface area contributed by atoms with Gasteiger partial charge in [0.15, 0.2) is 0 Å². The van der Waals surface area contributed by atoms with Crippen LogP contribution in [-0.2, 0) is 11.3 Å². The number of rotatable bonds is 4. The SMILES string of the molecule is CC(C)OCc1nnc([C@H](C)N)s1. The van der Waals surface area contributed by atoms with Crippen LogP contribution in [0.2, 0.25) is 0 Å². The largest absolute Gasteiger partial charge is 0.372 e. The Morgan fingerprint density at radius 3 is 2.54 bits per heavy atom. The molecule has 0 radical (unpaired) electrons. The summed E-state index contributed by atoms with van der Waals surface area (Å²) in [7, 11) is 0. The quantitative estimate of drug-likeness (QED) is 0.801. The third-order valence-corrected chi connectivity index (χ3v) is 2.51. The second-order valence-corrected chi connectivity index (χ2v) is 4.28. The first-order valence-electron chi connectivity index (χ1n) is 4.29. The van der Waals surface area contributed by atoms with Crippen LogP contribution in [0.3, 0.4) is 0 Å². The highest BCUT2D eigenvalue weighted by Crippen LogP contribution is 2.16. The van der Waals surface area contributed by atoms with Gasteiger partial charge in [0.2, 0.25) is 0 Å². The van der Waals surface area contributed by atoms with E-state index in [2.05, 4.69) is 10.2 Å². The van der Waals surface area contributed by atoms with Crippen molar-refractivity contribution in [2.45, 2.75) is 39.5 Å². The molecule has 0 unspecified atom stereocenters. The molecule has 0 aromatic carbocycles. The number of nitrogens with zero attached hydrogens (tertiary/aromatic N) is 2. The van der Waals surface area contributed by atoms with Gasteiger partial charge < -0.3 is 10.5 Å². The molecule has 0 fully saturated rings. The van der Waals surface area contributed by atoms with Crippen molar-refractivity contribution in [1.82, 2.24) is 10.2 Å². The van der Waals surface area contributed by atoms with Gasteiger partial charge in [0.1, 0.15) is 16.6 Å². The highest BCUT2D eigenvalue weighted by atomic mass is 32.1. The second kappa shape index (κ2) is 4.64. The Balaban J connectivity index is 2.49. The van der Waals surface area contributed by atoms with Crippen LogP contribution in [-0.4, -0.2) is 16.3 Å².